The predicted molar refractivity (Wildman–Crippen MR) is 116 cm³/mol. The van der Waals surface area contributed by atoms with Crippen LogP contribution in [0.1, 0.15) is 44.6 Å². The summed E-state index contributed by atoms with van der Waals surface area (Å²) in [6.45, 7) is 5.91. The van der Waals surface area contributed by atoms with E-state index in [9.17, 15) is 4.79 Å². The number of likely N-dealkylation sites (tertiary alicyclic amines) is 1. The fourth-order valence-electron chi connectivity index (χ4n) is 4.22. The van der Waals surface area contributed by atoms with Gasteiger partial charge < -0.3 is 21.1 Å². The number of hydrogen-bond acceptors (Lipinski definition) is 4. The van der Waals surface area contributed by atoms with Crippen LogP contribution in [0, 0.1) is 0 Å². The zero-order valence-corrected chi connectivity index (χ0v) is 17.5. The van der Waals surface area contributed by atoms with Crippen molar-refractivity contribution in [2.24, 2.45) is 10.7 Å². The first-order chi connectivity index (χ1) is 14.1. The van der Waals surface area contributed by atoms with Crippen molar-refractivity contribution in [2.75, 3.05) is 32.8 Å². The Morgan fingerprint density at radius 2 is 2.00 bits per heavy atom. The highest BCUT2D eigenvalue weighted by Gasteiger charge is 2.30. The number of rotatable bonds is 9. The van der Waals surface area contributed by atoms with Gasteiger partial charge in [0.1, 0.15) is 5.75 Å². The summed E-state index contributed by atoms with van der Waals surface area (Å²) in [7, 11) is 0. The van der Waals surface area contributed by atoms with Crippen LogP contribution in [0.25, 0.3) is 0 Å². The van der Waals surface area contributed by atoms with E-state index in [1.807, 2.05) is 24.3 Å². The van der Waals surface area contributed by atoms with Crippen LogP contribution in [0.5, 0.6) is 5.75 Å². The van der Waals surface area contributed by atoms with Crippen LogP contribution in [-0.2, 0) is 11.2 Å². The zero-order chi connectivity index (χ0) is 20.5. The molecule has 0 aromatic heterocycles. The first-order valence-corrected chi connectivity index (χ1v) is 10.9. The number of carbonyl (C=O) groups excluding carboxylic acids is 1. The first-order valence-electron chi connectivity index (χ1n) is 10.9. The molecule has 2 aliphatic rings. The van der Waals surface area contributed by atoms with Gasteiger partial charge in [0.25, 0.3) is 5.91 Å². The topological polar surface area (TPSA) is 92.0 Å². The van der Waals surface area contributed by atoms with Gasteiger partial charge in [0, 0.05) is 38.3 Å². The highest BCUT2D eigenvalue weighted by atomic mass is 16.5. The zero-order valence-electron chi connectivity index (χ0n) is 17.5. The van der Waals surface area contributed by atoms with E-state index in [0.717, 1.165) is 38.1 Å². The van der Waals surface area contributed by atoms with Gasteiger partial charge in [-0.2, -0.15) is 0 Å². The highest BCUT2D eigenvalue weighted by Crippen LogP contribution is 2.26. The van der Waals surface area contributed by atoms with Crippen molar-refractivity contribution in [2.45, 2.75) is 57.5 Å². The summed E-state index contributed by atoms with van der Waals surface area (Å²) in [4.78, 5) is 18.2. The minimum atomic E-state index is -0.472. The van der Waals surface area contributed by atoms with E-state index >= 15 is 0 Å². The Balaban J connectivity index is 1.44. The molecule has 7 nitrogen and oxygen atoms in total. The van der Waals surface area contributed by atoms with Gasteiger partial charge in [0.2, 0.25) is 0 Å². The summed E-state index contributed by atoms with van der Waals surface area (Å²) in [6.07, 6.45) is 7.56. The van der Waals surface area contributed by atoms with Gasteiger partial charge in [-0.25, -0.2) is 0 Å². The van der Waals surface area contributed by atoms with Crippen LogP contribution >= 0.6 is 0 Å². The van der Waals surface area contributed by atoms with Gasteiger partial charge in [-0.15, -0.1) is 0 Å². The number of aliphatic imine (C=N–C) groups is 1. The molecule has 1 aliphatic heterocycles. The average molecular weight is 402 g/mol. The predicted octanol–water partition coefficient (Wildman–Crippen LogP) is 1.67. The SMILES string of the molecule is CCNC(=NCCc1ccc(OCC(N)=O)cc1)NC1CCN(C2CCCC2)C1. The molecule has 0 spiro atoms. The number of ether oxygens (including phenoxy) is 1. The van der Waals surface area contributed by atoms with Crippen molar-refractivity contribution < 1.29 is 9.53 Å². The maximum absolute atomic E-state index is 10.8. The second-order valence-electron chi connectivity index (χ2n) is 7.97. The van der Waals surface area contributed by atoms with E-state index in [1.165, 1.54) is 44.2 Å². The summed E-state index contributed by atoms with van der Waals surface area (Å²) >= 11 is 0. The lowest BCUT2D eigenvalue weighted by Gasteiger charge is -2.24. The Bertz CT molecular complexity index is 670. The molecule has 3 rings (SSSR count). The molecule has 1 aromatic carbocycles. The Hall–Kier alpha value is -2.28. The lowest BCUT2D eigenvalue weighted by molar-refractivity contribution is -0.119. The molecule has 7 heteroatoms. The van der Waals surface area contributed by atoms with Gasteiger partial charge in [-0.05, 0) is 50.3 Å². The Morgan fingerprint density at radius 3 is 2.69 bits per heavy atom. The average Bonchev–Trinajstić information content (AvgIpc) is 3.39. The minimum absolute atomic E-state index is 0.0965. The van der Waals surface area contributed by atoms with E-state index in [2.05, 4.69) is 22.5 Å². The molecule has 1 unspecified atom stereocenters. The third kappa shape index (κ3) is 6.92. The minimum Gasteiger partial charge on any atom is -0.484 e. The van der Waals surface area contributed by atoms with Crippen LogP contribution in [0.4, 0.5) is 0 Å². The molecule has 1 aromatic rings. The van der Waals surface area contributed by atoms with E-state index in [4.69, 9.17) is 15.5 Å². The fraction of sp³-hybridized carbons (Fsp3) is 0.636. The summed E-state index contributed by atoms with van der Waals surface area (Å²) in [5.74, 6) is 1.09. The number of nitrogens with one attached hydrogen (secondary N) is 2. The van der Waals surface area contributed by atoms with Crippen molar-refractivity contribution >= 4 is 11.9 Å². The van der Waals surface area contributed by atoms with E-state index in [0.29, 0.717) is 11.8 Å². The summed E-state index contributed by atoms with van der Waals surface area (Å²) in [5, 5.41) is 7.00. The molecule has 160 valence electrons. The maximum atomic E-state index is 10.8. The second kappa shape index (κ2) is 11.0. The van der Waals surface area contributed by atoms with Crippen molar-refractivity contribution in [3.05, 3.63) is 29.8 Å². The van der Waals surface area contributed by atoms with Crippen LogP contribution < -0.4 is 21.1 Å². The van der Waals surface area contributed by atoms with Crippen molar-refractivity contribution in [3.63, 3.8) is 0 Å². The van der Waals surface area contributed by atoms with Gasteiger partial charge in [-0.3, -0.25) is 14.7 Å². The monoisotopic (exact) mass is 401 g/mol. The number of guanidine groups is 1. The van der Waals surface area contributed by atoms with Gasteiger partial charge >= 0.3 is 0 Å². The van der Waals surface area contributed by atoms with Gasteiger partial charge in [0.15, 0.2) is 12.6 Å². The molecule has 1 amide bonds. The quantitative estimate of drug-likeness (QED) is 0.432. The van der Waals surface area contributed by atoms with E-state index < -0.39 is 5.91 Å². The van der Waals surface area contributed by atoms with Crippen LogP contribution in [-0.4, -0.2) is 61.6 Å². The number of benzene rings is 1. The van der Waals surface area contributed by atoms with Crippen LogP contribution in [0.3, 0.4) is 0 Å². The maximum Gasteiger partial charge on any atom is 0.255 e. The molecule has 2 fully saturated rings. The lowest BCUT2D eigenvalue weighted by Crippen LogP contribution is -2.45. The Labute approximate surface area is 174 Å². The molecular formula is C22H35N5O2. The normalized spacial score (nSPS) is 20.7. The molecule has 1 heterocycles. The largest absolute Gasteiger partial charge is 0.484 e. The number of carbonyl (C=O) groups is 1. The fourth-order valence-corrected chi connectivity index (χ4v) is 4.22. The molecule has 1 saturated carbocycles. The Morgan fingerprint density at radius 1 is 1.24 bits per heavy atom. The summed E-state index contributed by atoms with van der Waals surface area (Å²) < 4.78 is 5.29. The van der Waals surface area contributed by atoms with E-state index in [-0.39, 0.29) is 6.61 Å². The standard InChI is InChI=1S/C22H35N5O2/c1-2-24-22(26-18-12-14-27(15-18)19-5-3-4-6-19)25-13-11-17-7-9-20(10-8-17)29-16-21(23)28/h7-10,18-19H,2-6,11-16H2,1H3,(H2,23,28)(H2,24,25,26). The Kier molecular flexibility index (Phi) is 8.16. The number of primary amides is 1. The third-order valence-electron chi connectivity index (χ3n) is 5.72. The van der Waals surface area contributed by atoms with Crippen LogP contribution in [0.15, 0.2) is 29.3 Å². The molecule has 0 radical (unpaired) electrons. The van der Waals surface area contributed by atoms with Gasteiger partial charge in [-0.1, -0.05) is 25.0 Å². The summed E-state index contributed by atoms with van der Waals surface area (Å²) in [5.41, 5.74) is 6.28. The van der Waals surface area contributed by atoms with E-state index in [1.54, 1.807) is 0 Å². The number of nitrogens with two attached hydrogens (primary N) is 1. The molecule has 1 saturated heterocycles. The molecule has 1 atom stereocenters. The van der Waals surface area contributed by atoms with Gasteiger partial charge in [0.05, 0.1) is 0 Å². The molecule has 0 bridgehead atoms. The van der Waals surface area contributed by atoms with Crippen molar-refractivity contribution in [3.8, 4) is 5.75 Å². The highest BCUT2D eigenvalue weighted by molar-refractivity contribution is 5.80. The molecular weight excluding hydrogens is 366 g/mol. The summed E-state index contributed by atoms with van der Waals surface area (Å²) in [6, 6.07) is 9.01. The lowest BCUT2D eigenvalue weighted by atomic mass is 10.1. The number of amides is 1. The smallest absolute Gasteiger partial charge is 0.255 e. The van der Waals surface area contributed by atoms with Crippen LogP contribution in [0.2, 0.25) is 0 Å². The number of hydrogen-bond donors (Lipinski definition) is 3. The molecule has 29 heavy (non-hydrogen) atoms. The first kappa shape index (κ1) is 21.4. The van der Waals surface area contributed by atoms with Crippen molar-refractivity contribution in [1.82, 2.24) is 15.5 Å². The van der Waals surface area contributed by atoms with Crippen molar-refractivity contribution in [1.29, 1.82) is 0 Å². The molecule has 4 N–H and O–H groups in total. The third-order valence-corrected chi connectivity index (χ3v) is 5.72. The molecule has 1 aliphatic carbocycles. The second-order valence-corrected chi connectivity index (χ2v) is 7.97. The number of nitrogens with zero attached hydrogens (tertiary/aromatic N) is 2.